The van der Waals surface area contributed by atoms with Gasteiger partial charge in [-0.15, -0.1) is 0 Å². The number of carbonyl (C=O) groups excluding carboxylic acids is 1. The fourth-order valence-electron chi connectivity index (χ4n) is 5.49. The number of nitrogens with zero attached hydrogens (tertiary/aromatic N) is 3. The molecule has 3 heterocycles. The minimum atomic E-state index is -2.64. The lowest BCUT2D eigenvalue weighted by molar-refractivity contribution is -0.111. The molecule has 33 heavy (non-hydrogen) atoms. The summed E-state index contributed by atoms with van der Waals surface area (Å²) in [7, 11) is 0. The van der Waals surface area contributed by atoms with Crippen molar-refractivity contribution in [3.8, 4) is 5.75 Å². The van der Waals surface area contributed by atoms with Gasteiger partial charge in [0.1, 0.15) is 35.6 Å². The summed E-state index contributed by atoms with van der Waals surface area (Å²) < 4.78 is 47.4. The van der Waals surface area contributed by atoms with Crippen LogP contribution in [-0.2, 0) is 10.2 Å². The maximum absolute atomic E-state index is 14.1. The minimum absolute atomic E-state index is 0.121. The molecule has 0 N–H and O–H groups in total. The van der Waals surface area contributed by atoms with Gasteiger partial charge >= 0.3 is 0 Å². The summed E-state index contributed by atoms with van der Waals surface area (Å²) in [6.07, 6.45) is 1.02. The van der Waals surface area contributed by atoms with Gasteiger partial charge in [-0.25, -0.2) is 13.2 Å². The second-order valence-electron chi connectivity index (χ2n) is 9.11. The summed E-state index contributed by atoms with van der Waals surface area (Å²) in [4.78, 5) is 14.7. The van der Waals surface area contributed by atoms with Crippen molar-refractivity contribution in [2.45, 2.75) is 43.6 Å². The molecule has 5 nitrogen and oxygen atoms in total. The number of hydrogen-bond donors (Lipinski definition) is 0. The van der Waals surface area contributed by atoms with Crippen molar-refractivity contribution in [1.29, 1.82) is 0 Å². The maximum atomic E-state index is 14.1. The van der Waals surface area contributed by atoms with Gasteiger partial charge in [-0.2, -0.15) is 5.10 Å². The van der Waals surface area contributed by atoms with E-state index in [0.29, 0.717) is 43.1 Å². The van der Waals surface area contributed by atoms with Crippen molar-refractivity contribution in [3.05, 3.63) is 59.9 Å². The quantitative estimate of drug-likeness (QED) is 0.645. The smallest absolute Gasteiger partial charge is 0.261 e. The van der Waals surface area contributed by atoms with E-state index in [-0.39, 0.29) is 31.4 Å². The molecule has 3 aliphatic heterocycles. The first-order valence-corrected chi connectivity index (χ1v) is 11.3. The number of likely N-dealkylation sites (tertiary alicyclic amines) is 1. The minimum Gasteiger partial charge on any atom is -0.489 e. The van der Waals surface area contributed by atoms with Crippen molar-refractivity contribution < 1.29 is 22.7 Å². The number of hydrazone groups is 1. The summed E-state index contributed by atoms with van der Waals surface area (Å²) >= 11 is 0. The van der Waals surface area contributed by atoms with E-state index in [4.69, 9.17) is 9.84 Å². The molecular weight excluding hydrogens is 431 g/mol. The number of carbonyl (C=O) groups is 1. The Bertz CT molecular complexity index is 1090. The molecule has 0 amide bonds. The van der Waals surface area contributed by atoms with Gasteiger partial charge in [-0.3, -0.25) is 14.7 Å². The molecule has 0 unspecified atom stereocenters. The molecule has 5 rings (SSSR count). The molecule has 0 aromatic heterocycles. The van der Waals surface area contributed by atoms with Gasteiger partial charge in [0.05, 0.1) is 12.0 Å². The van der Waals surface area contributed by atoms with Gasteiger partial charge in [0.2, 0.25) is 0 Å². The average molecular weight is 457 g/mol. The molecule has 0 aliphatic carbocycles. The Morgan fingerprint density at radius 3 is 2.70 bits per heavy atom. The summed E-state index contributed by atoms with van der Waals surface area (Å²) in [5, 5.41) is 6.43. The molecule has 1 saturated heterocycles. The fourth-order valence-corrected chi connectivity index (χ4v) is 5.49. The number of fused-ring (bicyclic) bond motifs is 3. The zero-order valence-electron chi connectivity index (χ0n) is 18.4. The number of ketones is 1. The van der Waals surface area contributed by atoms with Crippen LogP contribution >= 0.6 is 0 Å². The van der Waals surface area contributed by atoms with Crippen LogP contribution in [0.5, 0.6) is 5.75 Å². The van der Waals surface area contributed by atoms with Crippen LogP contribution in [0.25, 0.3) is 0 Å². The van der Waals surface area contributed by atoms with Crippen molar-refractivity contribution >= 4 is 17.2 Å². The van der Waals surface area contributed by atoms with Gasteiger partial charge < -0.3 is 4.74 Å². The lowest BCUT2D eigenvalue weighted by Gasteiger charge is -2.41. The van der Waals surface area contributed by atoms with Crippen LogP contribution in [0.3, 0.4) is 0 Å². The van der Waals surface area contributed by atoms with Crippen LogP contribution in [0, 0.1) is 5.82 Å². The topological polar surface area (TPSA) is 45.1 Å². The van der Waals surface area contributed by atoms with Crippen LogP contribution < -0.4 is 9.75 Å². The molecule has 2 atom stereocenters. The number of alkyl halides is 2. The van der Waals surface area contributed by atoms with E-state index in [0.717, 1.165) is 5.56 Å². The highest BCUT2D eigenvalue weighted by Crippen LogP contribution is 2.48. The Hall–Kier alpha value is -2.87. The molecule has 8 heteroatoms. The zero-order chi connectivity index (χ0) is 23.2. The Kier molecular flexibility index (Phi) is 5.43. The molecule has 0 saturated carbocycles. The Morgan fingerprint density at radius 1 is 1.21 bits per heavy atom. The second kappa shape index (κ2) is 8.17. The predicted octanol–water partition coefficient (Wildman–Crippen LogP) is 4.41. The van der Waals surface area contributed by atoms with Crippen molar-refractivity contribution in [2.75, 3.05) is 31.3 Å². The van der Waals surface area contributed by atoms with E-state index >= 15 is 0 Å². The molecule has 0 spiro atoms. The fraction of sp³-hybridized carbons (Fsp3) is 0.440. The number of ether oxygens (including phenoxy) is 1. The number of benzene rings is 2. The highest BCUT2D eigenvalue weighted by atomic mass is 19.3. The van der Waals surface area contributed by atoms with Crippen LogP contribution in [-0.4, -0.2) is 54.6 Å². The number of hydrogen-bond acceptors (Lipinski definition) is 5. The van der Waals surface area contributed by atoms with Gasteiger partial charge in [0.15, 0.2) is 5.78 Å². The van der Waals surface area contributed by atoms with Crippen LogP contribution in [0.4, 0.5) is 18.9 Å². The summed E-state index contributed by atoms with van der Waals surface area (Å²) in [5.74, 6) is -2.70. The molecule has 0 bridgehead atoms. The van der Waals surface area contributed by atoms with Gasteiger partial charge in [-0.1, -0.05) is 30.3 Å². The normalized spacial score (nSPS) is 25.9. The number of rotatable bonds is 6. The summed E-state index contributed by atoms with van der Waals surface area (Å²) in [6.45, 7) is 2.40. The molecule has 2 aromatic carbocycles. The van der Waals surface area contributed by atoms with E-state index in [1.54, 1.807) is 16.0 Å². The number of anilines is 1. The third-order valence-corrected chi connectivity index (χ3v) is 6.98. The first-order valence-electron chi connectivity index (χ1n) is 11.3. The van der Waals surface area contributed by atoms with Crippen molar-refractivity contribution in [2.24, 2.45) is 5.10 Å². The summed E-state index contributed by atoms with van der Waals surface area (Å²) in [6, 6.07) is 13.6. The first-order chi connectivity index (χ1) is 15.8. The van der Waals surface area contributed by atoms with E-state index in [1.165, 1.54) is 19.1 Å². The van der Waals surface area contributed by atoms with E-state index in [1.807, 2.05) is 30.3 Å². The third-order valence-electron chi connectivity index (χ3n) is 6.98. The molecular formula is C25H26F3N3O2. The molecule has 1 fully saturated rings. The van der Waals surface area contributed by atoms with Crippen LogP contribution in [0.2, 0.25) is 0 Å². The molecule has 2 aromatic rings. The number of halogens is 3. The zero-order valence-corrected chi connectivity index (χ0v) is 18.4. The standard InChI is InChI=1S/C25H26F3N3O2/c1-17(32)23-25(18-6-3-2-4-7-18,10-5-12-30-13-11-24(27,28)16-30)22-15-33-21-9-8-19(26)14-20(21)31(22)29-23/h2-4,6-9,14,22H,5,10-13,15-16H2,1H3/t22-,25+/m0/s1. The van der Waals surface area contributed by atoms with Gasteiger partial charge in [0.25, 0.3) is 5.92 Å². The Morgan fingerprint density at radius 2 is 2.00 bits per heavy atom. The lowest BCUT2D eigenvalue weighted by Crippen LogP contribution is -2.54. The monoisotopic (exact) mass is 457 g/mol. The van der Waals surface area contributed by atoms with E-state index < -0.39 is 17.2 Å². The molecule has 3 aliphatic rings. The van der Waals surface area contributed by atoms with Gasteiger partial charge in [-0.05, 0) is 37.1 Å². The molecule has 174 valence electrons. The highest BCUT2D eigenvalue weighted by Gasteiger charge is 2.56. The highest BCUT2D eigenvalue weighted by molar-refractivity contribution is 6.43. The van der Waals surface area contributed by atoms with Crippen LogP contribution in [0.1, 0.15) is 31.7 Å². The maximum Gasteiger partial charge on any atom is 0.261 e. The van der Waals surface area contributed by atoms with Crippen LogP contribution in [0.15, 0.2) is 53.6 Å². The largest absolute Gasteiger partial charge is 0.489 e. The third kappa shape index (κ3) is 3.80. The first kappa shape index (κ1) is 21.9. The van der Waals surface area contributed by atoms with Crippen molar-refractivity contribution in [1.82, 2.24) is 4.90 Å². The van der Waals surface area contributed by atoms with Gasteiger partial charge in [0, 0.05) is 26.0 Å². The summed E-state index contributed by atoms with van der Waals surface area (Å²) in [5.41, 5.74) is 1.01. The Balaban J connectivity index is 1.52. The second-order valence-corrected chi connectivity index (χ2v) is 9.11. The predicted molar refractivity (Wildman–Crippen MR) is 120 cm³/mol. The van der Waals surface area contributed by atoms with Crippen molar-refractivity contribution in [3.63, 3.8) is 0 Å². The SMILES string of the molecule is CC(=O)C1=NN2c3cc(F)ccc3OC[C@H]2[C@@]1(CCCN1CCC(F)(F)C1)c1ccccc1. The average Bonchev–Trinajstić information content (AvgIpc) is 3.32. The van der Waals surface area contributed by atoms with E-state index in [2.05, 4.69) is 0 Å². The number of Topliss-reactive ketones (excluding diaryl/α,β-unsaturated/α-hetero) is 1. The van der Waals surface area contributed by atoms with E-state index in [9.17, 15) is 18.0 Å². The molecule has 0 radical (unpaired) electrons. The lowest BCUT2D eigenvalue weighted by atomic mass is 9.67. The Labute approximate surface area is 190 Å².